The van der Waals surface area contributed by atoms with E-state index >= 15 is 0 Å². The number of likely N-dealkylation sites (tertiary alicyclic amines) is 1. The van der Waals surface area contributed by atoms with Crippen LogP contribution in [-0.4, -0.2) is 59.2 Å². The SMILES string of the molecule is O=C(NC1CC1)N1CCc2ccc(=O)n(CCN3CCCC3)c2CC1. The third-order valence-corrected chi connectivity index (χ3v) is 5.69. The summed E-state index contributed by atoms with van der Waals surface area (Å²) in [7, 11) is 0. The molecule has 1 aromatic rings. The van der Waals surface area contributed by atoms with Crippen molar-refractivity contribution in [2.24, 2.45) is 0 Å². The van der Waals surface area contributed by atoms with Crippen LogP contribution in [0.3, 0.4) is 0 Å². The first kappa shape index (κ1) is 16.6. The summed E-state index contributed by atoms with van der Waals surface area (Å²) >= 11 is 0. The van der Waals surface area contributed by atoms with Crippen molar-refractivity contribution in [2.45, 2.75) is 51.1 Å². The number of nitrogens with one attached hydrogen (secondary N) is 1. The molecule has 0 bridgehead atoms. The molecule has 1 saturated heterocycles. The second kappa shape index (κ2) is 7.20. The molecule has 0 spiro atoms. The van der Waals surface area contributed by atoms with Gasteiger partial charge < -0.3 is 19.7 Å². The van der Waals surface area contributed by atoms with Crippen LogP contribution in [0, 0.1) is 0 Å². The van der Waals surface area contributed by atoms with Gasteiger partial charge in [-0.05, 0) is 50.8 Å². The summed E-state index contributed by atoms with van der Waals surface area (Å²) in [4.78, 5) is 29.1. The van der Waals surface area contributed by atoms with Crippen LogP contribution in [0.25, 0.3) is 0 Å². The first-order valence-corrected chi connectivity index (χ1v) is 9.70. The van der Waals surface area contributed by atoms with Crippen LogP contribution in [0.5, 0.6) is 0 Å². The molecule has 0 radical (unpaired) electrons. The number of aromatic nitrogens is 1. The van der Waals surface area contributed by atoms with Crippen molar-refractivity contribution in [1.82, 2.24) is 19.7 Å². The summed E-state index contributed by atoms with van der Waals surface area (Å²) in [6.45, 7) is 5.44. The number of amides is 2. The Hall–Kier alpha value is -1.82. The van der Waals surface area contributed by atoms with Crippen LogP contribution >= 0.6 is 0 Å². The van der Waals surface area contributed by atoms with Gasteiger partial charge >= 0.3 is 6.03 Å². The smallest absolute Gasteiger partial charge is 0.317 e. The Kier molecular flexibility index (Phi) is 4.79. The molecular weight excluding hydrogens is 316 g/mol. The molecule has 25 heavy (non-hydrogen) atoms. The average Bonchev–Trinajstić information content (AvgIpc) is 3.31. The van der Waals surface area contributed by atoms with E-state index in [0.29, 0.717) is 12.6 Å². The van der Waals surface area contributed by atoms with E-state index in [9.17, 15) is 9.59 Å². The summed E-state index contributed by atoms with van der Waals surface area (Å²) in [5.74, 6) is 0. The van der Waals surface area contributed by atoms with Crippen molar-refractivity contribution in [1.29, 1.82) is 0 Å². The summed E-state index contributed by atoms with van der Waals surface area (Å²) < 4.78 is 1.95. The number of nitrogens with zero attached hydrogens (tertiary/aromatic N) is 3. The Bertz CT molecular complexity index is 689. The summed E-state index contributed by atoms with van der Waals surface area (Å²) in [6.07, 6.45) is 6.35. The molecule has 1 aliphatic carbocycles. The highest BCUT2D eigenvalue weighted by molar-refractivity contribution is 5.75. The van der Waals surface area contributed by atoms with Gasteiger partial charge in [0, 0.05) is 50.4 Å². The first-order chi connectivity index (χ1) is 12.2. The summed E-state index contributed by atoms with van der Waals surface area (Å²) in [5.41, 5.74) is 2.45. The molecule has 0 unspecified atom stereocenters. The Balaban J connectivity index is 1.46. The van der Waals surface area contributed by atoms with Gasteiger partial charge in [0.15, 0.2) is 0 Å². The van der Waals surface area contributed by atoms with Gasteiger partial charge in [-0.25, -0.2) is 4.79 Å². The van der Waals surface area contributed by atoms with E-state index in [2.05, 4.69) is 10.2 Å². The Morgan fingerprint density at radius 3 is 2.56 bits per heavy atom. The third-order valence-electron chi connectivity index (χ3n) is 5.69. The normalized spacial score (nSPS) is 21.0. The predicted molar refractivity (Wildman–Crippen MR) is 96.9 cm³/mol. The second-order valence-corrected chi connectivity index (χ2v) is 7.55. The molecule has 1 N–H and O–H groups in total. The number of hydrogen-bond acceptors (Lipinski definition) is 3. The lowest BCUT2D eigenvalue weighted by Gasteiger charge is -2.21. The zero-order chi connectivity index (χ0) is 17.2. The number of pyridine rings is 1. The van der Waals surface area contributed by atoms with E-state index in [1.165, 1.54) is 18.4 Å². The number of hydrogen-bond donors (Lipinski definition) is 1. The Morgan fingerprint density at radius 2 is 1.80 bits per heavy atom. The van der Waals surface area contributed by atoms with Crippen LogP contribution in [-0.2, 0) is 19.4 Å². The van der Waals surface area contributed by atoms with Gasteiger partial charge in [-0.15, -0.1) is 0 Å². The first-order valence-electron chi connectivity index (χ1n) is 9.70. The van der Waals surface area contributed by atoms with Gasteiger partial charge in [0.25, 0.3) is 5.56 Å². The van der Waals surface area contributed by atoms with Gasteiger partial charge in [-0.3, -0.25) is 4.79 Å². The molecule has 2 amide bonds. The molecule has 136 valence electrons. The largest absolute Gasteiger partial charge is 0.335 e. The maximum atomic E-state index is 12.4. The summed E-state index contributed by atoms with van der Waals surface area (Å²) in [5, 5.41) is 3.08. The second-order valence-electron chi connectivity index (χ2n) is 7.55. The van der Waals surface area contributed by atoms with Crippen LogP contribution in [0.2, 0.25) is 0 Å². The van der Waals surface area contributed by atoms with Crippen molar-refractivity contribution in [2.75, 3.05) is 32.7 Å². The number of carbonyl (C=O) groups is 1. The van der Waals surface area contributed by atoms with E-state index in [4.69, 9.17) is 0 Å². The quantitative estimate of drug-likeness (QED) is 0.893. The maximum absolute atomic E-state index is 12.4. The number of rotatable bonds is 4. The van der Waals surface area contributed by atoms with E-state index in [1.807, 2.05) is 15.5 Å². The van der Waals surface area contributed by atoms with Crippen LogP contribution < -0.4 is 10.9 Å². The van der Waals surface area contributed by atoms with Gasteiger partial charge in [0.2, 0.25) is 0 Å². The fourth-order valence-electron chi connectivity index (χ4n) is 3.99. The van der Waals surface area contributed by atoms with E-state index in [-0.39, 0.29) is 11.6 Å². The van der Waals surface area contributed by atoms with E-state index in [0.717, 1.165) is 64.1 Å². The van der Waals surface area contributed by atoms with Gasteiger partial charge in [0.1, 0.15) is 0 Å². The maximum Gasteiger partial charge on any atom is 0.317 e. The number of fused-ring (bicyclic) bond motifs is 1. The van der Waals surface area contributed by atoms with Crippen molar-refractivity contribution in [3.05, 3.63) is 33.7 Å². The molecule has 3 aliphatic rings. The van der Waals surface area contributed by atoms with Crippen molar-refractivity contribution in [3.8, 4) is 0 Å². The van der Waals surface area contributed by atoms with Crippen molar-refractivity contribution >= 4 is 6.03 Å². The summed E-state index contributed by atoms with van der Waals surface area (Å²) in [6, 6.07) is 4.10. The van der Waals surface area contributed by atoms with E-state index < -0.39 is 0 Å². The highest BCUT2D eigenvalue weighted by Gasteiger charge is 2.27. The van der Waals surface area contributed by atoms with Crippen molar-refractivity contribution < 1.29 is 4.79 Å². The minimum Gasteiger partial charge on any atom is -0.335 e. The molecule has 0 aromatic carbocycles. The van der Waals surface area contributed by atoms with Gasteiger partial charge in [-0.2, -0.15) is 0 Å². The molecule has 2 aliphatic heterocycles. The molecular formula is C19H28N4O2. The van der Waals surface area contributed by atoms with Crippen LogP contribution in [0.4, 0.5) is 4.79 Å². The fourth-order valence-corrected chi connectivity index (χ4v) is 3.99. The topological polar surface area (TPSA) is 57.6 Å². The average molecular weight is 344 g/mol. The predicted octanol–water partition coefficient (Wildman–Crippen LogP) is 1.22. The Morgan fingerprint density at radius 1 is 1.04 bits per heavy atom. The van der Waals surface area contributed by atoms with Gasteiger partial charge in [-0.1, -0.05) is 6.07 Å². The molecule has 6 heteroatoms. The minimum absolute atomic E-state index is 0.0567. The zero-order valence-electron chi connectivity index (χ0n) is 14.9. The number of carbonyl (C=O) groups excluding carboxylic acids is 1. The molecule has 1 saturated carbocycles. The minimum atomic E-state index is 0.0567. The lowest BCUT2D eigenvalue weighted by atomic mass is 10.1. The molecule has 2 fully saturated rings. The molecule has 3 heterocycles. The fraction of sp³-hybridized carbons (Fsp3) is 0.684. The zero-order valence-corrected chi connectivity index (χ0v) is 14.9. The number of urea groups is 1. The Labute approximate surface area is 148 Å². The third kappa shape index (κ3) is 3.89. The van der Waals surface area contributed by atoms with Crippen molar-refractivity contribution in [3.63, 3.8) is 0 Å². The molecule has 1 aromatic heterocycles. The lowest BCUT2D eigenvalue weighted by Crippen LogP contribution is -2.42. The van der Waals surface area contributed by atoms with Crippen LogP contribution in [0.15, 0.2) is 16.9 Å². The standard InChI is InChI=1S/C19H28N4O2/c24-18-6-3-15-7-11-22(19(25)20-16-4-5-16)12-8-17(15)23(18)14-13-21-9-1-2-10-21/h3,6,16H,1-2,4-5,7-14H2,(H,20,25). The highest BCUT2D eigenvalue weighted by Crippen LogP contribution is 2.20. The van der Waals surface area contributed by atoms with Crippen LogP contribution in [0.1, 0.15) is 36.9 Å². The molecule has 0 atom stereocenters. The van der Waals surface area contributed by atoms with E-state index in [1.54, 1.807) is 6.07 Å². The van der Waals surface area contributed by atoms with Gasteiger partial charge in [0.05, 0.1) is 0 Å². The molecule has 4 rings (SSSR count). The highest BCUT2D eigenvalue weighted by atomic mass is 16.2. The monoisotopic (exact) mass is 344 g/mol. The molecule has 6 nitrogen and oxygen atoms in total. The lowest BCUT2D eigenvalue weighted by molar-refractivity contribution is 0.199.